The van der Waals surface area contributed by atoms with E-state index in [-0.39, 0.29) is 12.3 Å². The molecule has 2 aromatic carbocycles. The zero-order chi connectivity index (χ0) is 18.9. The maximum absolute atomic E-state index is 12.0. The van der Waals surface area contributed by atoms with Crippen LogP contribution in [0.1, 0.15) is 11.1 Å². The van der Waals surface area contributed by atoms with Crippen molar-refractivity contribution < 1.29 is 14.3 Å². The molecular formula is C19H18Br2N2O3. The summed E-state index contributed by atoms with van der Waals surface area (Å²) >= 11 is 6.81. The van der Waals surface area contributed by atoms with Crippen LogP contribution in [0.25, 0.3) is 0 Å². The maximum atomic E-state index is 12.0. The van der Waals surface area contributed by atoms with Crippen molar-refractivity contribution in [2.75, 3.05) is 13.7 Å². The van der Waals surface area contributed by atoms with E-state index in [0.717, 1.165) is 20.1 Å². The molecule has 2 aromatic rings. The number of hydrazone groups is 1. The van der Waals surface area contributed by atoms with E-state index in [4.69, 9.17) is 9.47 Å². The molecule has 136 valence electrons. The molecule has 0 saturated carbocycles. The highest BCUT2D eigenvalue weighted by Gasteiger charge is 2.10. The molecule has 0 fully saturated rings. The first kappa shape index (κ1) is 20.2. The zero-order valence-corrected chi connectivity index (χ0v) is 17.3. The molecule has 0 aliphatic rings. The van der Waals surface area contributed by atoms with Crippen molar-refractivity contribution in [3.05, 3.63) is 69.1 Å². The first-order valence-corrected chi connectivity index (χ1v) is 9.29. The molecule has 0 aliphatic heterocycles. The van der Waals surface area contributed by atoms with Crippen LogP contribution >= 0.6 is 31.9 Å². The molecule has 7 heteroatoms. The Balaban J connectivity index is 2.00. The summed E-state index contributed by atoms with van der Waals surface area (Å²) in [7, 11) is 1.56. The minimum absolute atomic E-state index is 0.194. The Bertz CT molecular complexity index is 805. The summed E-state index contributed by atoms with van der Waals surface area (Å²) in [5.41, 5.74) is 4.18. The van der Waals surface area contributed by atoms with Gasteiger partial charge in [0, 0.05) is 4.47 Å². The largest absolute Gasteiger partial charge is 0.493 e. The summed E-state index contributed by atoms with van der Waals surface area (Å²) in [6.07, 6.45) is 3.46. The van der Waals surface area contributed by atoms with Gasteiger partial charge in [-0.25, -0.2) is 5.43 Å². The number of benzene rings is 2. The first-order valence-electron chi connectivity index (χ1n) is 7.71. The second-order valence-corrected chi connectivity index (χ2v) is 7.00. The van der Waals surface area contributed by atoms with Crippen LogP contribution in [0.3, 0.4) is 0 Å². The third kappa shape index (κ3) is 6.00. The van der Waals surface area contributed by atoms with Gasteiger partial charge in [0.15, 0.2) is 11.5 Å². The number of amides is 1. The first-order chi connectivity index (χ1) is 12.5. The lowest BCUT2D eigenvalue weighted by molar-refractivity contribution is -0.120. The van der Waals surface area contributed by atoms with E-state index in [2.05, 4.69) is 49.0 Å². The van der Waals surface area contributed by atoms with Crippen LogP contribution in [0.15, 0.2) is 63.1 Å². The number of hydrogen-bond acceptors (Lipinski definition) is 4. The highest BCUT2D eigenvalue weighted by Crippen LogP contribution is 2.36. The topological polar surface area (TPSA) is 59.9 Å². The normalized spacial score (nSPS) is 10.6. The smallest absolute Gasteiger partial charge is 0.244 e. The number of nitrogens with zero attached hydrogens (tertiary/aromatic N) is 1. The van der Waals surface area contributed by atoms with Crippen LogP contribution in [-0.4, -0.2) is 25.8 Å². The number of nitrogens with one attached hydrogen (secondary N) is 1. The molecule has 0 unspecified atom stereocenters. The summed E-state index contributed by atoms with van der Waals surface area (Å²) in [5, 5.41) is 4.00. The number of methoxy groups -OCH3 is 1. The molecule has 0 spiro atoms. The average Bonchev–Trinajstić information content (AvgIpc) is 2.62. The lowest BCUT2D eigenvalue weighted by Gasteiger charge is -2.12. The van der Waals surface area contributed by atoms with E-state index in [1.807, 2.05) is 30.3 Å². The quantitative estimate of drug-likeness (QED) is 0.343. The number of rotatable bonds is 8. The Morgan fingerprint density at radius 1 is 1.27 bits per heavy atom. The lowest BCUT2D eigenvalue weighted by Crippen LogP contribution is -2.19. The summed E-state index contributed by atoms with van der Waals surface area (Å²) < 4.78 is 12.6. The number of ether oxygens (including phenoxy) is 2. The third-order valence-electron chi connectivity index (χ3n) is 3.28. The SMILES string of the molecule is C=CCOc1c(Br)cc(/C=N/NC(=O)Cc2ccc(Br)cc2)cc1OC. The van der Waals surface area contributed by atoms with E-state index < -0.39 is 0 Å². The second kappa shape index (κ2) is 10.1. The number of carbonyl (C=O) groups is 1. The molecule has 2 rings (SSSR count). The van der Waals surface area contributed by atoms with Crippen LogP contribution in [0, 0.1) is 0 Å². The molecule has 0 atom stereocenters. The molecule has 1 amide bonds. The van der Waals surface area contributed by atoms with Gasteiger partial charge in [-0.2, -0.15) is 5.10 Å². The van der Waals surface area contributed by atoms with Crippen molar-refractivity contribution in [1.82, 2.24) is 5.43 Å². The van der Waals surface area contributed by atoms with Gasteiger partial charge in [0.25, 0.3) is 0 Å². The maximum Gasteiger partial charge on any atom is 0.244 e. The predicted molar refractivity (Wildman–Crippen MR) is 110 cm³/mol. The molecule has 0 heterocycles. The van der Waals surface area contributed by atoms with Crippen LogP contribution in [0.4, 0.5) is 0 Å². The van der Waals surface area contributed by atoms with E-state index in [0.29, 0.717) is 18.1 Å². The highest BCUT2D eigenvalue weighted by molar-refractivity contribution is 9.10. The molecule has 1 N–H and O–H groups in total. The van der Waals surface area contributed by atoms with Gasteiger partial charge in [-0.15, -0.1) is 0 Å². The lowest BCUT2D eigenvalue weighted by atomic mass is 10.1. The second-order valence-electron chi connectivity index (χ2n) is 5.23. The minimum Gasteiger partial charge on any atom is -0.493 e. The van der Waals surface area contributed by atoms with E-state index in [1.165, 1.54) is 0 Å². The average molecular weight is 482 g/mol. The molecule has 0 aromatic heterocycles. The Morgan fingerprint density at radius 3 is 2.65 bits per heavy atom. The summed E-state index contributed by atoms with van der Waals surface area (Å²) in [6.45, 7) is 3.99. The molecule has 0 aliphatic carbocycles. The minimum atomic E-state index is -0.194. The fourth-order valence-corrected chi connectivity index (χ4v) is 2.94. The summed E-state index contributed by atoms with van der Waals surface area (Å²) in [4.78, 5) is 12.0. The van der Waals surface area contributed by atoms with Gasteiger partial charge >= 0.3 is 0 Å². The van der Waals surface area contributed by atoms with Gasteiger partial charge in [0.1, 0.15) is 6.61 Å². The standard InChI is InChI=1S/C19H18Br2N2O3/c1-3-8-26-19-16(21)9-14(10-17(19)25-2)12-22-23-18(24)11-13-4-6-15(20)7-5-13/h3-7,9-10,12H,1,8,11H2,2H3,(H,23,24)/b22-12+. The third-order valence-corrected chi connectivity index (χ3v) is 4.40. The van der Waals surface area contributed by atoms with Gasteiger partial charge in [-0.1, -0.05) is 40.7 Å². The van der Waals surface area contributed by atoms with E-state index in [1.54, 1.807) is 25.5 Å². The van der Waals surface area contributed by atoms with E-state index >= 15 is 0 Å². The van der Waals surface area contributed by atoms with Crippen LogP contribution < -0.4 is 14.9 Å². The zero-order valence-electron chi connectivity index (χ0n) is 14.2. The van der Waals surface area contributed by atoms with E-state index in [9.17, 15) is 4.79 Å². The molecule has 26 heavy (non-hydrogen) atoms. The number of hydrogen-bond donors (Lipinski definition) is 1. The van der Waals surface area contributed by atoms with Gasteiger partial charge in [-0.05, 0) is 51.3 Å². The predicted octanol–water partition coefficient (Wildman–Crippen LogP) is 4.48. The summed E-state index contributed by atoms with van der Waals surface area (Å²) in [6, 6.07) is 11.2. The van der Waals surface area contributed by atoms with Crippen molar-refractivity contribution in [1.29, 1.82) is 0 Å². The Kier molecular flexibility index (Phi) is 7.87. The number of carbonyl (C=O) groups excluding carboxylic acids is 1. The van der Waals surface area contributed by atoms with Crippen molar-refractivity contribution in [3.63, 3.8) is 0 Å². The van der Waals surface area contributed by atoms with Gasteiger partial charge in [-0.3, -0.25) is 4.79 Å². The molecule has 5 nitrogen and oxygen atoms in total. The Hall–Kier alpha value is -2.12. The van der Waals surface area contributed by atoms with Crippen molar-refractivity contribution >= 4 is 44.0 Å². The fourth-order valence-electron chi connectivity index (χ4n) is 2.10. The van der Waals surface area contributed by atoms with Crippen molar-refractivity contribution in [3.8, 4) is 11.5 Å². The molecule has 0 radical (unpaired) electrons. The van der Waals surface area contributed by atoms with Gasteiger partial charge in [0.05, 0.1) is 24.2 Å². The summed E-state index contributed by atoms with van der Waals surface area (Å²) in [5.74, 6) is 0.952. The van der Waals surface area contributed by atoms with Gasteiger partial charge in [0.2, 0.25) is 5.91 Å². The van der Waals surface area contributed by atoms with Crippen LogP contribution in [0.5, 0.6) is 11.5 Å². The molecule has 0 bridgehead atoms. The van der Waals surface area contributed by atoms with Crippen molar-refractivity contribution in [2.45, 2.75) is 6.42 Å². The van der Waals surface area contributed by atoms with Crippen molar-refractivity contribution in [2.24, 2.45) is 5.10 Å². The Labute approximate surface area is 169 Å². The Morgan fingerprint density at radius 2 is 2.00 bits per heavy atom. The number of halogens is 2. The van der Waals surface area contributed by atoms with Crippen LogP contribution in [-0.2, 0) is 11.2 Å². The molecular weight excluding hydrogens is 464 g/mol. The van der Waals surface area contributed by atoms with Gasteiger partial charge < -0.3 is 9.47 Å². The monoisotopic (exact) mass is 480 g/mol. The molecule has 0 saturated heterocycles. The fraction of sp³-hybridized carbons (Fsp3) is 0.158. The highest BCUT2D eigenvalue weighted by atomic mass is 79.9. The van der Waals surface area contributed by atoms with Crippen LogP contribution in [0.2, 0.25) is 0 Å².